The molecule has 0 spiro atoms. The first kappa shape index (κ1) is 15.6. The second-order valence-corrected chi connectivity index (χ2v) is 5.33. The highest BCUT2D eigenvalue weighted by Crippen LogP contribution is 2.20. The summed E-state index contributed by atoms with van der Waals surface area (Å²) in [5.41, 5.74) is 0.180. The van der Waals surface area contributed by atoms with Gasteiger partial charge in [-0.25, -0.2) is 4.98 Å². The molecule has 1 aromatic heterocycles. The van der Waals surface area contributed by atoms with E-state index in [1.807, 2.05) is 6.92 Å². The Morgan fingerprint density at radius 3 is 3.05 bits per heavy atom. The van der Waals surface area contributed by atoms with E-state index in [0.29, 0.717) is 23.9 Å². The summed E-state index contributed by atoms with van der Waals surface area (Å²) in [5, 5.41) is 6.14. The fourth-order valence-corrected chi connectivity index (χ4v) is 2.33. The molecule has 6 nitrogen and oxygen atoms in total. The smallest absolute Gasteiger partial charge is 0.274 e. The van der Waals surface area contributed by atoms with Crippen LogP contribution in [0.3, 0.4) is 0 Å². The van der Waals surface area contributed by atoms with E-state index in [2.05, 4.69) is 15.6 Å². The van der Waals surface area contributed by atoms with Gasteiger partial charge in [0.25, 0.3) is 5.91 Å². The molecule has 1 fully saturated rings. The van der Waals surface area contributed by atoms with E-state index in [1.165, 1.54) is 4.90 Å². The van der Waals surface area contributed by atoms with E-state index in [1.54, 1.807) is 19.1 Å². The summed E-state index contributed by atoms with van der Waals surface area (Å²) in [7, 11) is 0. The summed E-state index contributed by atoms with van der Waals surface area (Å²) < 4.78 is 0. The van der Waals surface area contributed by atoms with Gasteiger partial charge >= 0.3 is 0 Å². The summed E-state index contributed by atoms with van der Waals surface area (Å²) in [5.74, 6) is 0.132. The maximum Gasteiger partial charge on any atom is 0.274 e. The number of aromatic nitrogens is 1. The first-order valence-electron chi connectivity index (χ1n) is 7.03. The zero-order chi connectivity index (χ0) is 15.4. The van der Waals surface area contributed by atoms with Gasteiger partial charge < -0.3 is 15.5 Å². The maximum absolute atomic E-state index is 12.6. The fourth-order valence-electron chi connectivity index (χ4n) is 2.14. The summed E-state index contributed by atoms with van der Waals surface area (Å²) >= 11 is 6.09. The molecular weight excluding hydrogens is 292 g/mol. The standard InChI is InChI=1S/C14H19ClN4O2/c1-3-6-16-11-5-4-10(15)12(18-11)14(21)19-8-7-17-13(20)9(19)2/h4-5,9H,3,6-8H2,1-2H3,(H,16,18)(H,17,20). The molecule has 21 heavy (non-hydrogen) atoms. The Labute approximate surface area is 128 Å². The molecule has 2 heterocycles. The van der Waals surface area contributed by atoms with Gasteiger partial charge in [-0.1, -0.05) is 18.5 Å². The number of piperazine rings is 1. The van der Waals surface area contributed by atoms with Crippen molar-refractivity contribution in [2.45, 2.75) is 26.3 Å². The highest BCUT2D eigenvalue weighted by Gasteiger charge is 2.31. The average molecular weight is 311 g/mol. The van der Waals surface area contributed by atoms with Crippen LogP contribution in [0.15, 0.2) is 12.1 Å². The van der Waals surface area contributed by atoms with Crippen LogP contribution in [-0.4, -0.2) is 47.4 Å². The lowest BCUT2D eigenvalue weighted by Crippen LogP contribution is -2.56. The molecule has 1 unspecified atom stereocenters. The fraction of sp³-hybridized carbons (Fsp3) is 0.500. The predicted molar refractivity (Wildman–Crippen MR) is 81.5 cm³/mol. The van der Waals surface area contributed by atoms with Crippen LogP contribution in [-0.2, 0) is 4.79 Å². The zero-order valence-electron chi connectivity index (χ0n) is 12.1. The first-order chi connectivity index (χ1) is 10.0. The first-order valence-corrected chi connectivity index (χ1v) is 7.41. The summed E-state index contributed by atoms with van der Waals surface area (Å²) in [6.45, 7) is 5.41. The van der Waals surface area contributed by atoms with Gasteiger partial charge in [0.15, 0.2) is 0 Å². The summed E-state index contributed by atoms with van der Waals surface area (Å²) in [6, 6.07) is 2.87. The number of carbonyl (C=O) groups excluding carboxylic acids is 2. The quantitative estimate of drug-likeness (QED) is 0.884. The molecule has 1 aromatic rings. The van der Waals surface area contributed by atoms with Crippen LogP contribution in [0.5, 0.6) is 0 Å². The van der Waals surface area contributed by atoms with E-state index in [0.717, 1.165) is 13.0 Å². The molecule has 0 bridgehead atoms. The van der Waals surface area contributed by atoms with Gasteiger partial charge in [0, 0.05) is 19.6 Å². The van der Waals surface area contributed by atoms with Crippen molar-refractivity contribution in [3.05, 3.63) is 22.8 Å². The SMILES string of the molecule is CCCNc1ccc(Cl)c(C(=O)N2CCNC(=O)C2C)n1. The largest absolute Gasteiger partial charge is 0.370 e. The van der Waals surface area contributed by atoms with Crippen LogP contribution in [0.1, 0.15) is 30.8 Å². The van der Waals surface area contributed by atoms with Gasteiger partial charge in [0.2, 0.25) is 5.91 Å². The zero-order valence-corrected chi connectivity index (χ0v) is 12.9. The number of halogens is 1. The van der Waals surface area contributed by atoms with Crippen molar-refractivity contribution in [3.8, 4) is 0 Å². The van der Waals surface area contributed by atoms with Crippen LogP contribution in [0.2, 0.25) is 5.02 Å². The minimum absolute atomic E-state index is 0.161. The molecule has 1 saturated heterocycles. The Morgan fingerprint density at radius 1 is 1.57 bits per heavy atom. The molecule has 2 rings (SSSR count). The number of carbonyl (C=O) groups is 2. The van der Waals surface area contributed by atoms with Crippen molar-refractivity contribution in [1.29, 1.82) is 0 Å². The van der Waals surface area contributed by atoms with Gasteiger partial charge in [-0.05, 0) is 25.5 Å². The third-order valence-corrected chi connectivity index (χ3v) is 3.67. The molecule has 2 amide bonds. The van der Waals surface area contributed by atoms with Gasteiger partial charge in [-0.3, -0.25) is 9.59 Å². The Balaban J connectivity index is 2.23. The van der Waals surface area contributed by atoms with Crippen LogP contribution < -0.4 is 10.6 Å². The Hall–Kier alpha value is -1.82. The monoisotopic (exact) mass is 310 g/mol. The molecule has 1 aliphatic heterocycles. The number of nitrogens with zero attached hydrogens (tertiary/aromatic N) is 2. The molecule has 1 aliphatic rings. The van der Waals surface area contributed by atoms with Crippen LogP contribution in [0, 0.1) is 0 Å². The van der Waals surface area contributed by atoms with Crippen LogP contribution >= 0.6 is 11.6 Å². The van der Waals surface area contributed by atoms with Gasteiger partial charge in [0.1, 0.15) is 17.6 Å². The van der Waals surface area contributed by atoms with Crippen molar-refractivity contribution in [2.75, 3.05) is 25.0 Å². The molecule has 7 heteroatoms. The normalized spacial score (nSPS) is 18.3. The van der Waals surface area contributed by atoms with Crippen LogP contribution in [0.25, 0.3) is 0 Å². The Kier molecular flexibility index (Phi) is 5.01. The number of pyridine rings is 1. The van der Waals surface area contributed by atoms with E-state index in [-0.39, 0.29) is 17.5 Å². The number of hydrogen-bond donors (Lipinski definition) is 2. The van der Waals surface area contributed by atoms with E-state index in [4.69, 9.17) is 11.6 Å². The lowest BCUT2D eigenvalue weighted by molar-refractivity contribution is -0.127. The topological polar surface area (TPSA) is 74.3 Å². The van der Waals surface area contributed by atoms with Crippen molar-refractivity contribution in [2.24, 2.45) is 0 Å². The highest BCUT2D eigenvalue weighted by molar-refractivity contribution is 6.33. The minimum Gasteiger partial charge on any atom is -0.370 e. The molecule has 1 atom stereocenters. The lowest BCUT2D eigenvalue weighted by atomic mass is 10.2. The Bertz CT molecular complexity index is 550. The van der Waals surface area contributed by atoms with E-state index >= 15 is 0 Å². The molecule has 0 radical (unpaired) electrons. The van der Waals surface area contributed by atoms with Gasteiger partial charge in [-0.2, -0.15) is 0 Å². The number of nitrogens with one attached hydrogen (secondary N) is 2. The summed E-state index contributed by atoms with van der Waals surface area (Å²) in [4.78, 5) is 30.0. The second-order valence-electron chi connectivity index (χ2n) is 4.92. The lowest BCUT2D eigenvalue weighted by Gasteiger charge is -2.32. The van der Waals surface area contributed by atoms with Crippen molar-refractivity contribution in [1.82, 2.24) is 15.2 Å². The Morgan fingerprint density at radius 2 is 2.33 bits per heavy atom. The third-order valence-electron chi connectivity index (χ3n) is 3.36. The number of rotatable bonds is 4. The van der Waals surface area contributed by atoms with E-state index in [9.17, 15) is 9.59 Å². The molecule has 0 aliphatic carbocycles. The average Bonchev–Trinajstić information content (AvgIpc) is 2.48. The van der Waals surface area contributed by atoms with Crippen molar-refractivity contribution in [3.63, 3.8) is 0 Å². The third kappa shape index (κ3) is 3.44. The second kappa shape index (κ2) is 6.76. The summed E-state index contributed by atoms with van der Waals surface area (Å²) in [6.07, 6.45) is 0.955. The van der Waals surface area contributed by atoms with Crippen molar-refractivity contribution >= 4 is 29.2 Å². The number of hydrogen-bond acceptors (Lipinski definition) is 4. The molecule has 0 saturated carbocycles. The molecule has 2 N–H and O–H groups in total. The molecular formula is C14H19ClN4O2. The highest BCUT2D eigenvalue weighted by atomic mass is 35.5. The number of anilines is 1. The number of amides is 2. The van der Waals surface area contributed by atoms with Gasteiger partial charge in [-0.15, -0.1) is 0 Å². The van der Waals surface area contributed by atoms with E-state index < -0.39 is 6.04 Å². The maximum atomic E-state index is 12.6. The predicted octanol–water partition coefficient (Wildman–Crippen LogP) is 1.52. The van der Waals surface area contributed by atoms with Crippen molar-refractivity contribution < 1.29 is 9.59 Å². The molecule has 114 valence electrons. The van der Waals surface area contributed by atoms with Crippen LogP contribution in [0.4, 0.5) is 5.82 Å². The van der Waals surface area contributed by atoms with Gasteiger partial charge in [0.05, 0.1) is 5.02 Å². The molecule has 0 aromatic carbocycles. The minimum atomic E-state index is -0.517.